The quantitative estimate of drug-likeness (QED) is 0.740. The highest BCUT2D eigenvalue weighted by Gasteiger charge is 2.13. The average Bonchev–Trinajstić information content (AvgIpc) is 3.04. The monoisotopic (exact) mass is 337 g/mol. The van der Waals surface area contributed by atoms with Gasteiger partial charge in [0, 0.05) is 38.2 Å². The predicted molar refractivity (Wildman–Crippen MR) is 98.0 cm³/mol. The SMILES string of the molecule is Cc1c[nH]c2nccc(Oc3ccc(CNC4CCOCC4)cc3)c12. The van der Waals surface area contributed by atoms with Crippen molar-refractivity contribution in [2.45, 2.75) is 32.4 Å². The minimum absolute atomic E-state index is 0.561. The van der Waals surface area contributed by atoms with Crippen LogP contribution in [0.15, 0.2) is 42.7 Å². The smallest absolute Gasteiger partial charge is 0.141 e. The number of nitrogens with zero attached hydrogens (tertiary/aromatic N) is 1. The molecule has 1 aliphatic rings. The zero-order valence-corrected chi connectivity index (χ0v) is 14.4. The lowest BCUT2D eigenvalue weighted by atomic mass is 10.1. The molecule has 2 aromatic heterocycles. The normalized spacial score (nSPS) is 15.6. The van der Waals surface area contributed by atoms with Crippen molar-refractivity contribution in [3.05, 3.63) is 53.9 Å². The molecule has 25 heavy (non-hydrogen) atoms. The Balaban J connectivity index is 1.42. The van der Waals surface area contributed by atoms with Gasteiger partial charge in [0.25, 0.3) is 0 Å². The number of hydrogen-bond donors (Lipinski definition) is 2. The van der Waals surface area contributed by atoms with Crippen LogP contribution in [0.2, 0.25) is 0 Å². The third-order valence-electron chi connectivity index (χ3n) is 4.70. The largest absolute Gasteiger partial charge is 0.457 e. The van der Waals surface area contributed by atoms with Gasteiger partial charge in [0.05, 0.1) is 5.39 Å². The number of aryl methyl sites for hydroxylation is 1. The summed E-state index contributed by atoms with van der Waals surface area (Å²) < 4.78 is 11.5. The highest BCUT2D eigenvalue weighted by Crippen LogP contribution is 2.30. The van der Waals surface area contributed by atoms with Crippen LogP contribution in [0.5, 0.6) is 11.5 Å². The molecular formula is C20H23N3O2. The van der Waals surface area contributed by atoms with E-state index in [9.17, 15) is 0 Å². The standard InChI is InChI=1S/C20H23N3O2/c1-14-12-23-20-19(14)18(6-9-21-20)25-17-4-2-15(3-5-17)13-22-16-7-10-24-11-8-16/h2-6,9,12,16,22H,7-8,10-11,13H2,1H3,(H,21,23). The van der Waals surface area contributed by atoms with E-state index < -0.39 is 0 Å². The lowest BCUT2D eigenvalue weighted by Gasteiger charge is -2.23. The highest BCUT2D eigenvalue weighted by molar-refractivity contribution is 5.86. The summed E-state index contributed by atoms with van der Waals surface area (Å²) >= 11 is 0. The second-order valence-corrected chi connectivity index (χ2v) is 6.52. The lowest BCUT2D eigenvalue weighted by molar-refractivity contribution is 0.0776. The molecular weight excluding hydrogens is 314 g/mol. The van der Waals surface area contributed by atoms with Crippen molar-refractivity contribution in [2.75, 3.05) is 13.2 Å². The number of benzene rings is 1. The highest BCUT2D eigenvalue weighted by atomic mass is 16.5. The van der Waals surface area contributed by atoms with Crippen LogP contribution in [0.4, 0.5) is 0 Å². The second-order valence-electron chi connectivity index (χ2n) is 6.52. The van der Waals surface area contributed by atoms with Gasteiger partial charge in [-0.2, -0.15) is 0 Å². The maximum Gasteiger partial charge on any atom is 0.141 e. The van der Waals surface area contributed by atoms with E-state index in [2.05, 4.69) is 34.3 Å². The fraction of sp³-hybridized carbons (Fsp3) is 0.350. The average molecular weight is 337 g/mol. The zero-order valence-electron chi connectivity index (χ0n) is 14.4. The number of hydrogen-bond acceptors (Lipinski definition) is 4. The first kappa shape index (κ1) is 16.1. The van der Waals surface area contributed by atoms with E-state index in [1.165, 1.54) is 5.56 Å². The van der Waals surface area contributed by atoms with Gasteiger partial charge in [0.2, 0.25) is 0 Å². The van der Waals surface area contributed by atoms with Crippen molar-refractivity contribution >= 4 is 11.0 Å². The number of H-pyrrole nitrogens is 1. The summed E-state index contributed by atoms with van der Waals surface area (Å²) in [4.78, 5) is 7.50. The fourth-order valence-electron chi connectivity index (χ4n) is 3.23. The Morgan fingerprint density at radius 3 is 2.80 bits per heavy atom. The molecule has 130 valence electrons. The zero-order chi connectivity index (χ0) is 17.1. The summed E-state index contributed by atoms with van der Waals surface area (Å²) in [6.07, 6.45) is 5.90. The number of aromatic nitrogens is 2. The minimum atomic E-state index is 0.561. The molecule has 0 aliphatic carbocycles. The Kier molecular flexibility index (Phi) is 4.68. The fourth-order valence-corrected chi connectivity index (χ4v) is 3.23. The van der Waals surface area contributed by atoms with Gasteiger partial charge in [-0.15, -0.1) is 0 Å². The molecule has 3 heterocycles. The molecule has 0 atom stereocenters. The van der Waals surface area contributed by atoms with E-state index in [0.29, 0.717) is 6.04 Å². The van der Waals surface area contributed by atoms with Crippen LogP contribution in [0, 0.1) is 6.92 Å². The van der Waals surface area contributed by atoms with Crippen LogP contribution in [0.1, 0.15) is 24.0 Å². The molecule has 1 saturated heterocycles. The van der Waals surface area contributed by atoms with Crippen molar-refractivity contribution in [3.63, 3.8) is 0 Å². The summed E-state index contributed by atoms with van der Waals surface area (Å²) in [5, 5.41) is 4.64. The lowest BCUT2D eigenvalue weighted by Crippen LogP contribution is -2.34. The van der Waals surface area contributed by atoms with Gasteiger partial charge in [-0.1, -0.05) is 12.1 Å². The minimum Gasteiger partial charge on any atom is -0.457 e. The van der Waals surface area contributed by atoms with E-state index in [4.69, 9.17) is 9.47 Å². The number of nitrogens with one attached hydrogen (secondary N) is 2. The first-order valence-corrected chi connectivity index (χ1v) is 8.80. The van der Waals surface area contributed by atoms with Gasteiger partial charge in [0.1, 0.15) is 17.1 Å². The number of fused-ring (bicyclic) bond motifs is 1. The molecule has 1 aromatic carbocycles. The Hall–Kier alpha value is -2.37. The van der Waals surface area contributed by atoms with Gasteiger partial charge < -0.3 is 19.8 Å². The maximum absolute atomic E-state index is 6.08. The molecule has 1 aliphatic heterocycles. The van der Waals surface area contributed by atoms with Crippen molar-refractivity contribution in [2.24, 2.45) is 0 Å². The van der Waals surface area contributed by atoms with E-state index >= 15 is 0 Å². The molecule has 5 heteroatoms. The van der Waals surface area contributed by atoms with Crippen LogP contribution >= 0.6 is 0 Å². The Morgan fingerprint density at radius 2 is 2.00 bits per heavy atom. The van der Waals surface area contributed by atoms with E-state index in [-0.39, 0.29) is 0 Å². The Bertz CT molecular complexity index is 836. The molecule has 0 bridgehead atoms. The molecule has 4 rings (SSSR count). The first-order chi connectivity index (χ1) is 12.3. The summed E-state index contributed by atoms with van der Waals surface area (Å²) in [5.74, 6) is 1.67. The van der Waals surface area contributed by atoms with Gasteiger partial charge in [-0.25, -0.2) is 4.98 Å². The van der Waals surface area contributed by atoms with E-state index in [1.807, 2.05) is 24.4 Å². The van der Waals surface area contributed by atoms with Gasteiger partial charge in [-0.05, 0) is 49.1 Å². The summed E-state index contributed by atoms with van der Waals surface area (Å²) in [7, 11) is 0. The van der Waals surface area contributed by atoms with Crippen molar-refractivity contribution in [3.8, 4) is 11.5 Å². The predicted octanol–water partition coefficient (Wildman–Crippen LogP) is 3.93. The van der Waals surface area contributed by atoms with E-state index in [1.54, 1.807) is 6.20 Å². The third-order valence-corrected chi connectivity index (χ3v) is 4.70. The summed E-state index contributed by atoms with van der Waals surface area (Å²) in [5.41, 5.74) is 3.25. The van der Waals surface area contributed by atoms with Gasteiger partial charge in [0.15, 0.2) is 0 Å². The molecule has 0 amide bonds. The number of rotatable bonds is 5. The molecule has 2 N–H and O–H groups in total. The van der Waals surface area contributed by atoms with Crippen LogP contribution < -0.4 is 10.1 Å². The first-order valence-electron chi connectivity index (χ1n) is 8.80. The number of ether oxygens (including phenoxy) is 2. The molecule has 5 nitrogen and oxygen atoms in total. The molecule has 0 unspecified atom stereocenters. The summed E-state index contributed by atoms with van der Waals surface area (Å²) in [6, 6.07) is 10.7. The topological polar surface area (TPSA) is 59.2 Å². The van der Waals surface area contributed by atoms with Crippen LogP contribution in [-0.2, 0) is 11.3 Å². The molecule has 0 saturated carbocycles. The Morgan fingerprint density at radius 1 is 1.20 bits per heavy atom. The Labute approximate surface area is 147 Å². The second kappa shape index (κ2) is 7.25. The van der Waals surface area contributed by atoms with Gasteiger partial charge in [-0.3, -0.25) is 0 Å². The van der Waals surface area contributed by atoms with Gasteiger partial charge >= 0.3 is 0 Å². The van der Waals surface area contributed by atoms with Crippen LogP contribution in [0.25, 0.3) is 11.0 Å². The van der Waals surface area contributed by atoms with Crippen molar-refractivity contribution < 1.29 is 9.47 Å². The molecule has 0 spiro atoms. The number of pyridine rings is 1. The molecule has 0 radical (unpaired) electrons. The maximum atomic E-state index is 6.08. The van der Waals surface area contributed by atoms with Crippen molar-refractivity contribution in [1.82, 2.24) is 15.3 Å². The number of aromatic amines is 1. The van der Waals surface area contributed by atoms with Crippen molar-refractivity contribution in [1.29, 1.82) is 0 Å². The van der Waals surface area contributed by atoms with E-state index in [0.717, 1.165) is 60.7 Å². The van der Waals surface area contributed by atoms with Crippen LogP contribution in [0.3, 0.4) is 0 Å². The third kappa shape index (κ3) is 3.67. The molecule has 3 aromatic rings. The summed E-state index contributed by atoms with van der Waals surface area (Å²) in [6.45, 7) is 4.66. The van der Waals surface area contributed by atoms with Crippen LogP contribution in [-0.4, -0.2) is 29.2 Å². The molecule has 1 fully saturated rings.